The Morgan fingerprint density at radius 2 is 2.00 bits per heavy atom. The van der Waals surface area contributed by atoms with Crippen LogP contribution in [0.1, 0.15) is 45.6 Å². The summed E-state index contributed by atoms with van der Waals surface area (Å²) < 4.78 is 2.45. The van der Waals surface area contributed by atoms with Crippen molar-refractivity contribution in [3.63, 3.8) is 0 Å². The minimum absolute atomic E-state index is 0.0758. The number of aliphatic hydroxyl groups is 1. The first-order chi connectivity index (χ1) is 10.9. The van der Waals surface area contributed by atoms with Crippen LogP contribution in [0.2, 0.25) is 0 Å². The summed E-state index contributed by atoms with van der Waals surface area (Å²) in [5.74, 6) is 1.06. The molecule has 1 aliphatic carbocycles. The third-order valence-corrected chi connectivity index (χ3v) is 6.71. The number of anilines is 1. The van der Waals surface area contributed by atoms with Crippen LogP contribution >= 0.6 is 0 Å². The fraction of sp³-hybridized carbons (Fsp3) is 0.550. The molecule has 1 unspecified atom stereocenters. The van der Waals surface area contributed by atoms with Gasteiger partial charge in [0.1, 0.15) is 6.21 Å². The highest BCUT2D eigenvalue weighted by Crippen LogP contribution is 2.53. The first-order valence-electron chi connectivity index (χ1n) is 8.71. The average molecular weight is 311 g/mol. The lowest BCUT2D eigenvalue weighted by Gasteiger charge is -2.48. The minimum Gasteiger partial charge on any atom is -0.398 e. The third-order valence-electron chi connectivity index (χ3n) is 6.71. The van der Waals surface area contributed by atoms with Crippen LogP contribution in [0.3, 0.4) is 0 Å². The highest BCUT2D eigenvalue weighted by Gasteiger charge is 2.63. The van der Waals surface area contributed by atoms with E-state index in [0.717, 1.165) is 12.0 Å². The largest absolute Gasteiger partial charge is 0.398 e. The van der Waals surface area contributed by atoms with E-state index in [0.29, 0.717) is 23.9 Å². The van der Waals surface area contributed by atoms with Crippen LogP contribution in [-0.4, -0.2) is 27.5 Å². The topological polar surface area (TPSA) is 49.3 Å². The van der Waals surface area contributed by atoms with E-state index in [4.69, 9.17) is 5.73 Å². The van der Waals surface area contributed by atoms with Crippen molar-refractivity contribution in [2.75, 3.05) is 5.73 Å². The third kappa shape index (κ3) is 1.89. The van der Waals surface area contributed by atoms with E-state index >= 15 is 0 Å². The monoisotopic (exact) mass is 311 g/mol. The van der Waals surface area contributed by atoms with E-state index in [-0.39, 0.29) is 11.6 Å². The Balaban J connectivity index is 1.87. The SMILES string of the molecule is CC1=CC[C@@H]2C[C@H]1[C@H]1[N+](=CCC1(O)c1ccccc1N)C2(C)C. The van der Waals surface area contributed by atoms with E-state index in [9.17, 15) is 5.11 Å². The number of nitrogen functional groups attached to an aromatic ring is 1. The van der Waals surface area contributed by atoms with Gasteiger partial charge in [-0.1, -0.05) is 29.8 Å². The molecule has 0 radical (unpaired) electrons. The summed E-state index contributed by atoms with van der Waals surface area (Å²) in [6, 6.07) is 7.89. The molecule has 2 bridgehead atoms. The molecule has 0 aromatic heterocycles. The van der Waals surface area contributed by atoms with Gasteiger partial charge in [-0.3, -0.25) is 0 Å². The van der Waals surface area contributed by atoms with Gasteiger partial charge in [-0.15, -0.1) is 0 Å². The molecule has 2 aliphatic heterocycles. The fourth-order valence-corrected chi connectivity index (χ4v) is 5.22. The van der Waals surface area contributed by atoms with Crippen LogP contribution in [0.4, 0.5) is 5.69 Å². The lowest BCUT2D eigenvalue weighted by molar-refractivity contribution is -0.664. The number of para-hydroxylation sites is 1. The molecule has 23 heavy (non-hydrogen) atoms. The van der Waals surface area contributed by atoms with Gasteiger partial charge in [-0.05, 0) is 25.8 Å². The van der Waals surface area contributed by atoms with Crippen molar-refractivity contribution in [2.45, 2.75) is 57.2 Å². The number of hydrogen-bond donors (Lipinski definition) is 2. The molecule has 1 fully saturated rings. The maximum atomic E-state index is 11.7. The number of piperidine rings is 1. The number of benzene rings is 1. The van der Waals surface area contributed by atoms with Crippen molar-refractivity contribution in [3.05, 3.63) is 41.5 Å². The zero-order chi connectivity index (χ0) is 16.4. The Morgan fingerprint density at radius 1 is 1.26 bits per heavy atom. The van der Waals surface area contributed by atoms with Gasteiger partial charge in [-0.2, -0.15) is 0 Å². The van der Waals surface area contributed by atoms with E-state index in [2.05, 4.69) is 37.6 Å². The molecule has 1 aromatic rings. The Kier molecular flexibility index (Phi) is 3.05. The van der Waals surface area contributed by atoms with Gasteiger partial charge in [0, 0.05) is 36.9 Å². The summed E-state index contributed by atoms with van der Waals surface area (Å²) in [7, 11) is 0. The highest BCUT2D eigenvalue weighted by atomic mass is 16.3. The van der Waals surface area contributed by atoms with Gasteiger partial charge in [0.25, 0.3) is 0 Å². The molecule has 0 saturated carbocycles. The fourth-order valence-electron chi connectivity index (χ4n) is 5.22. The maximum absolute atomic E-state index is 11.7. The Labute approximate surface area is 138 Å². The molecule has 3 N–H and O–H groups in total. The summed E-state index contributed by atoms with van der Waals surface area (Å²) >= 11 is 0. The maximum Gasteiger partial charge on any atom is 0.192 e. The van der Waals surface area contributed by atoms with Crippen molar-refractivity contribution in [3.8, 4) is 0 Å². The highest BCUT2D eigenvalue weighted by molar-refractivity contribution is 5.62. The summed E-state index contributed by atoms with van der Waals surface area (Å²) in [5.41, 5.74) is 8.42. The summed E-state index contributed by atoms with van der Waals surface area (Å²) in [6.07, 6.45) is 7.59. The predicted octanol–water partition coefficient (Wildman–Crippen LogP) is 3.08. The van der Waals surface area contributed by atoms with Crippen LogP contribution < -0.4 is 5.73 Å². The molecule has 1 saturated heterocycles. The second kappa shape index (κ2) is 4.70. The van der Waals surface area contributed by atoms with E-state index in [1.165, 1.54) is 12.0 Å². The summed E-state index contributed by atoms with van der Waals surface area (Å²) in [6.45, 7) is 6.88. The number of nitrogens with zero attached hydrogens (tertiary/aromatic N) is 1. The molecule has 122 valence electrons. The second-order valence-electron chi connectivity index (χ2n) is 8.13. The summed E-state index contributed by atoms with van der Waals surface area (Å²) in [4.78, 5) is 0. The Morgan fingerprint density at radius 3 is 2.74 bits per heavy atom. The quantitative estimate of drug-likeness (QED) is 0.476. The molecular weight excluding hydrogens is 284 g/mol. The van der Waals surface area contributed by atoms with E-state index in [1.807, 2.05) is 24.3 Å². The minimum atomic E-state index is -0.898. The van der Waals surface area contributed by atoms with Gasteiger partial charge in [0.2, 0.25) is 0 Å². The standard InChI is InChI=1S/C20H27N2O/c1-13-8-9-14-12-15(13)18-20(23,10-11-22(18)19(14,2)3)16-6-4-5-7-17(16)21/h4-8,11,14-15,18,23H,9-10,12,21H2,1-3H3/q+1/t14-,15-,18-,20?/m1/s1. The lowest BCUT2D eigenvalue weighted by atomic mass is 9.63. The molecule has 2 heterocycles. The molecule has 0 amide bonds. The van der Waals surface area contributed by atoms with Crippen LogP contribution in [-0.2, 0) is 5.60 Å². The number of nitrogens with two attached hydrogens (primary N) is 1. The number of rotatable bonds is 1. The van der Waals surface area contributed by atoms with Gasteiger partial charge in [-0.25, -0.2) is 4.58 Å². The summed E-state index contributed by atoms with van der Waals surface area (Å²) in [5, 5.41) is 11.7. The van der Waals surface area contributed by atoms with Crippen molar-refractivity contribution in [1.82, 2.24) is 0 Å². The van der Waals surface area contributed by atoms with Crippen LogP contribution in [0.25, 0.3) is 0 Å². The first-order valence-corrected chi connectivity index (χ1v) is 8.71. The molecule has 3 nitrogen and oxygen atoms in total. The molecule has 0 spiro atoms. The van der Waals surface area contributed by atoms with Gasteiger partial charge >= 0.3 is 0 Å². The Hall–Kier alpha value is -1.61. The van der Waals surface area contributed by atoms with Gasteiger partial charge in [0.15, 0.2) is 17.2 Å². The number of fused-ring (bicyclic) bond motifs is 4. The molecule has 4 rings (SSSR count). The molecule has 4 atom stereocenters. The van der Waals surface area contributed by atoms with E-state index in [1.54, 1.807) is 0 Å². The molecule has 3 heteroatoms. The zero-order valence-electron chi connectivity index (χ0n) is 14.3. The van der Waals surface area contributed by atoms with Crippen LogP contribution in [0.15, 0.2) is 35.9 Å². The average Bonchev–Trinajstić information content (AvgIpc) is 2.87. The van der Waals surface area contributed by atoms with Gasteiger partial charge < -0.3 is 10.8 Å². The predicted molar refractivity (Wildman–Crippen MR) is 93.5 cm³/mol. The molecule has 3 aliphatic rings. The van der Waals surface area contributed by atoms with Crippen molar-refractivity contribution in [1.29, 1.82) is 0 Å². The second-order valence-corrected chi connectivity index (χ2v) is 8.13. The van der Waals surface area contributed by atoms with Crippen molar-refractivity contribution >= 4 is 11.9 Å². The Bertz CT molecular complexity index is 718. The van der Waals surface area contributed by atoms with Crippen molar-refractivity contribution in [2.24, 2.45) is 11.8 Å². The van der Waals surface area contributed by atoms with E-state index < -0.39 is 5.60 Å². The number of allylic oxidation sites excluding steroid dienone is 1. The first kappa shape index (κ1) is 14.9. The normalized spacial score (nSPS) is 37.8. The molecule has 1 aromatic carbocycles. The molecular formula is C20H27N2O+. The number of hydrogen-bond acceptors (Lipinski definition) is 2. The zero-order valence-corrected chi connectivity index (χ0v) is 14.3. The van der Waals surface area contributed by atoms with Crippen molar-refractivity contribution < 1.29 is 9.68 Å². The van der Waals surface area contributed by atoms with Gasteiger partial charge in [0.05, 0.1) is 6.42 Å². The van der Waals surface area contributed by atoms with Crippen LogP contribution in [0, 0.1) is 11.8 Å². The van der Waals surface area contributed by atoms with Crippen LogP contribution in [0.5, 0.6) is 0 Å². The smallest absolute Gasteiger partial charge is 0.192 e. The lowest BCUT2D eigenvalue weighted by Crippen LogP contribution is -2.60.